The van der Waals surface area contributed by atoms with Crippen LogP contribution in [0.5, 0.6) is 0 Å². The molecule has 3 rings (SSSR count). The average Bonchev–Trinajstić information content (AvgIpc) is 2.55. The van der Waals surface area contributed by atoms with E-state index in [0.717, 1.165) is 18.4 Å². The summed E-state index contributed by atoms with van der Waals surface area (Å²) < 4.78 is 28.0. The molecule has 1 saturated carbocycles. The molecule has 1 unspecified atom stereocenters. The fraction of sp³-hybridized carbons (Fsp3) is 0.625. The van der Waals surface area contributed by atoms with Crippen molar-refractivity contribution in [3.8, 4) is 0 Å². The van der Waals surface area contributed by atoms with E-state index in [-0.39, 0.29) is 22.7 Å². The van der Waals surface area contributed by atoms with Gasteiger partial charge in [0.05, 0.1) is 21.7 Å². The summed E-state index contributed by atoms with van der Waals surface area (Å²) in [6, 6.07) is 6.62. The third-order valence-corrected chi connectivity index (χ3v) is 8.30. The Morgan fingerprint density at radius 3 is 2.32 bits per heavy atom. The molecule has 1 aliphatic carbocycles. The highest BCUT2D eigenvalue weighted by atomic mass is 35.5. The predicted octanol–water partition coefficient (Wildman–Crippen LogP) is 3.77. The van der Waals surface area contributed by atoms with Crippen LogP contribution in [-0.4, -0.2) is 35.1 Å². The molecule has 1 heterocycles. The van der Waals surface area contributed by atoms with E-state index in [0.29, 0.717) is 4.90 Å². The minimum Gasteiger partial charge on any atom is -0.207 e. The maximum Gasteiger partial charge on any atom is 0.243 e. The van der Waals surface area contributed by atoms with E-state index in [1.165, 1.54) is 0 Å². The Kier molecular flexibility index (Phi) is 4.04. The van der Waals surface area contributed by atoms with Gasteiger partial charge in [-0.1, -0.05) is 17.7 Å². The monoisotopic (exact) mass is 361 g/mol. The lowest BCUT2D eigenvalue weighted by Gasteiger charge is -2.35. The summed E-state index contributed by atoms with van der Waals surface area (Å²) in [6.45, 7) is 5.87. The van der Waals surface area contributed by atoms with Gasteiger partial charge in [-0.2, -0.15) is 4.31 Å². The van der Waals surface area contributed by atoms with Gasteiger partial charge in [0.25, 0.3) is 0 Å². The molecular weight excluding hydrogens is 341 g/mol. The maximum absolute atomic E-state index is 13.2. The zero-order valence-electron chi connectivity index (χ0n) is 13.0. The predicted molar refractivity (Wildman–Crippen MR) is 90.1 cm³/mol. The molecule has 3 nitrogen and oxygen atoms in total. The first-order valence-corrected chi connectivity index (χ1v) is 9.88. The molecule has 0 radical (unpaired) electrons. The van der Waals surface area contributed by atoms with Crippen LogP contribution in [0.15, 0.2) is 29.2 Å². The zero-order valence-corrected chi connectivity index (χ0v) is 15.3. The molecule has 122 valence electrons. The van der Waals surface area contributed by atoms with Crippen LogP contribution in [0.3, 0.4) is 0 Å². The highest BCUT2D eigenvalue weighted by molar-refractivity contribution is 7.89. The topological polar surface area (TPSA) is 37.4 Å². The van der Waals surface area contributed by atoms with Gasteiger partial charge in [-0.25, -0.2) is 8.42 Å². The Bertz CT molecular complexity index is 672. The molecule has 0 aromatic heterocycles. The lowest BCUT2D eigenvalue weighted by molar-refractivity contribution is 0.220. The van der Waals surface area contributed by atoms with Gasteiger partial charge in [-0.05, 0) is 51.7 Å². The molecule has 6 heteroatoms. The molecule has 1 aromatic carbocycles. The van der Waals surface area contributed by atoms with E-state index in [1.807, 2.05) is 32.9 Å². The van der Waals surface area contributed by atoms with Gasteiger partial charge < -0.3 is 0 Å². The summed E-state index contributed by atoms with van der Waals surface area (Å²) in [5, 5.41) is -0.466. The minimum atomic E-state index is -3.62. The summed E-state index contributed by atoms with van der Waals surface area (Å²) in [4.78, 5) is 0.312. The number of aryl methyl sites for hydroxylation is 1. The zero-order chi connectivity index (χ0) is 16.3. The van der Waals surface area contributed by atoms with Crippen LogP contribution in [0, 0.1) is 12.8 Å². The first-order valence-electron chi connectivity index (χ1n) is 7.56. The van der Waals surface area contributed by atoms with Gasteiger partial charge in [0.15, 0.2) is 0 Å². The Hall–Kier alpha value is -0.290. The Labute approximate surface area is 142 Å². The molecule has 0 amide bonds. The van der Waals surface area contributed by atoms with Crippen LogP contribution >= 0.6 is 23.2 Å². The Morgan fingerprint density at radius 2 is 1.73 bits per heavy atom. The molecule has 1 saturated heterocycles. The van der Waals surface area contributed by atoms with E-state index in [9.17, 15) is 8.42 Å². The van der Waals surface area contributed by atoms with Crippen LogP contribution < -0.4 is 0 Å². The number of benzene rings is 1. The summed E-state index contributed by atoms with van der Waals surface area (Å²) in [7, 11) is -3.62. The molecule has 2 fully saturated rings. The summed E-state index contributed by atoms with van der Waals surface area (Å²) >= 11 is 13.0. The molecule has 1 aromatic rings. The van der Waals surface area contributed by atoms with E-state index < -0.39 is 15.6 Å². The number of hydrogen-bond acceptors (Lipinski definition) is 2. The van der Waals surface area contributed by atoms with Crippen molar-refractivity contribution in [3.05, 3.63) is 29.8 Å². The molecule has 0 spiro atoms. The number of fused-ring (bicyclic) bond motifs is 2. The molecule has 0 N–H and O–H groups in total. The van der Waals surface area contributed by atoms with Crippen molar-refractivity contribution in [1.82, 2.24) is 4.31 Å². The van der Waals surface area contributed by atoms with Gasteiger partial charge in [0.2, 0.25) is 10.0 Å². The standard InChI is InChI=1S/C16H21Cl2NO2S/c1-10-4-6-11(7-5-10)22(20,21)19-15-13(17)9-8-12(14(15)18)16(19,2)3/h4-7,12-15H,8-9H2,1-3H3/t12-,13-,14?,15+/m0/s1. The lowest BCUT2D eigenvalue weighted by Crippen LogP contribution is -2.50. The number of halogens is 2. The van der Waals surface area contributed by atoms with Gasteiger partial charge >= 0.3 is 0 Å². The Balaban J connectivity index is 2.11. The second-order valence-electron chi connectivity index (χ2n) is 6.90. The van der Waals surface area contributed by atoms with Crippen molar-refractivity contribution in [2.24, 2.45) is 5.92 Å². The molecule has 1 aliphatic heterocycles. The fourth-order valence-electron chi connectivity index (χ4n) is 3.97. The average molecular weight is 362 g/mol. The van der Waals surface area contributed by atoms with Gasteiger partial charge in [0, 0.05) is 5.54 Å². The number of nitrogens with zero attached hydrogens (tertiary/aromatic N) is 1. The fourth-order valence-corrected chi connectivity index (χ4v) is 7.35. The second kappa shape index (κ2) is 5.37. The first-order chi connectivity index (χ1) is 10.2. The first kappa shape index (κ1) is 16.6. The molecule has 22 heavy (non-hydrogen) atoms. The Morgan fingerprint density at radius 1 is 1.14 bits per heavy atom. The third kappa shape index (κ3) is 2.31. The quantitative estimate of drug-likeness (QED) is 0.751. The van der Waals surface area contributed by atoms with Crippen LogP contribution in [0.25, 0.3) is 0 Å². The maximum atomic E-state index is 13.2. The van der Waals surface area contributed by atoms with Crippen molar-refractivity contribution in [2.45, 2.75) is 60.8 Å². The highest BCUT2D eigenvalue weighted by Crippen LogP contribution is 2.52. The van der Waals surface area contributed by atoms with Crippen LogP contribution in [-0.2, 0) is 10.0 Å². The molecule has 2 aliphatic rings. The second-order valence-corrected chi connectivity index (χ2v) is 9.78. The molecule has 2 bridgehead atoms. The number of rotatable bonds is 2. The van der Waals surface area contributed by atoms with Crippen molar-refractivity contribution in [2.75, 3.05) is 0 Å². The SMILES string of the molecule is Cc1ccc(S(=O)(=O)N2[C@H]3C(Cl)[C@H](CC[C@@H]3Cl)C2(C)C)cc1. The highest BCUT2D eigenvalue weighted by Gasteiger charge is 2.61. The van der Waals surface area contributed by atoms with Gasteiger partial charge in [-0.3, -0.25) is 0 Å². The van der Waals surface area contributed by atoms with E-state index in [1.54, 1.807) is 16.4 Å². The van der Waals surface area contributed by atoms with Crippen LogP contribution in [0.1, 0.15) is 32.3 Å². The van der Waals surface area contributed by atoms with Crippen molar-refractivity contribution in [1.29, 1.82) is 0 Å². The van der Waals surface area contributed by atoms with Crippen LogP contribution in [0.2, 0.25) is 0 Å². The summed E-state index contributed by atoms with van der Waals surface area (Å²) in [5.74, 6) is 0.134. The number of alkyl halides is 2. The van der Waals surface area contributed by atoms with Crippen molar-refractivity contribution >= 4 is 33.2 Å². The third-order valence-electron chi connectivity index (χ3n) is 5.16. The van der Waals surface area contributed by atoms with E-state index >= 15 is 0 Å². The largest absolute Gasteiger partial charge is 0.243 e. The van der Waals surface area contributed by atoms with Crippen molar-refractivity contribution < 1.29 is 8.42 Å². The number of sulfonamides is 1. The van der Waals surface area contributed by atoms with Gasteiger partial charge in [-0.15, -0.1) is 23.2 Å². The van der Waals surface area contributed by atoms with Crippen molar-refractivity contribution in [3.63, 3.8) is 0 Å². The smallest absolute Gasteiger partial charge is 0.207 e. The molecular formula is C16H21Cl2NO2S. The minimum absolute atomic E-state index is 0.134. The van der Waals surface area contributed by atoms with E-state index in [4.69, 9.17) is 23.2 Å². The van der Waals surface area contributed by atoms with E-state index in [2.05, 4.69) is 0 Å². The summed E-state index contributed by atoms with van der Waals surface area (Å²) in [5.41, 5.74) is 0.508. The number of hydrogen-bond donors (Lipinski definition) is 0. The normalized spacial score (nSPS) is 34.8. The van der Waals surface area contributed by atoms with Crippen LogP contribution in [0.4, 0.5) is 0 Å². The lowest BCUT2D eigenvalue weighted by atomic mass is 9.81. The summed E-state index contributed by atoms with van der Waals surface area (Å²) in [6.07, 6.45) is 1.68. The van der Waals surface area contributed by atoms with Gasteiger partial charge in [0.1, 0.15) is 0 Å². The molecule has 4 atom stereocenters.